The van der Waals surface area contributed by atoms with Crippen LogP contribution in [0.3, 0.4) is 0 Å². The van der Waals surface area contributed by atoms with Crippen LogP contribution in [0, 0.1) is 10.1 Å². The molecule has 32 heavy (non-hydrogen) atoms. The summed E-state index contributed by atoms with van der Waals surface area (Å²) in [6.45, 7) is 0.584. The Morgan fingerprint density at radius 1 is 1.16 bits per heavy atom. The van der Waals surface area contributed by atoms with Gasteiger partial charge in [-0.3, -0.25) is 19.7 Å². The fraction of sp³-hybridized carbons (Fsp3) is 0.364. The molecule has 1 fully saturated rings. The van der Waals surface area contributed by atoms with Gasteiger partial charge in [0.2, 0.25) is 0 Å². The summed E-state index contributed by atoms with van der Waals surface area (Å²) in [4.78, 5) is 38.3. The first kappa shape index (κ1) is 21.9. The second-order valence-electron chi connectivity index (χ2n) is 7.80. The maximum Gasteiger partial charge on any atom is 0.286 e. The lowest BCUT2D eigenvalue weighted by Crippen LogP contribution is -2.52. The van der Waals surface area contributed by atoms with E-state index in [1.165, 1.54) is 31.3 Å². The second kappa shape index (κ2) is 8.31. The molecule has 2 aliphatic rings. The Kier molecular flexibility index (Phi) is 5.68. The largest absolute Gasteiger partial charge is 0.493 e. The van der Waals surface area contributed by atoms with E-state index in [1.54, 1.807) is 18.2 Å². The first-order valence-electron chi connectivity index (χ1n) is 9.98. The van der Waals surface area contributed by atoms with Gasteiger partial charge in [-0.05, 0) is 18.2 Å². The number of carbonyl (C=O) groups is 2. The van der Waals surface area contributed by atoms with Crippen LogP contribution >= 0.6 is 11.6 Å². The summed E-state index contributed by atoms with van der Waals surface area (Å²) >= 11 is 5.99. The quantitative estimate of drug-likeness (QED) is 0.502. The number of nitro benzene ring substituents is 1. The molecule has 2 aromatic rings. The van der Waals surface area contributed by atoms with E-state index in [2.05, 4.69) is 0 Å². The van der Waals surface area contributed by atoms with Crippen LogP contribution in [-0.4, -0.2) is 54.4 Å². The number of nitro groups is 1. The van der Waals surface area contributed by atoms with Crippen LogP contribution in [0.1, 0.15) is 40.0 Å². The number of amides is 1. The molecule has 0 aliphatic carbocycles. The molecular formula is C22H21ClN2O7. The van der Waals surface area contributed by atoms with Crippen molar-refractivity contribution in [2.75, 3.05) is 27.3 Å². The van der Waals surface area contributed by atoms with Crippen LogP contribution in [0.2, 0.25) is 5.02 Å². The molecule has 1 amide bonds. The van der Waals surface area contributed by atoms with Gasteiger partial charge in [-0.15, -0.1) is 0 Å². The zero-order valence-electron chi connectivity index (χ0n) is 17.6. The number of ether oxygens (including phenoxy) is 3. The molecule has 0 N–H and O–H groups in total. The smallest absolute Gasteiger partial charge is 0.286 e. The molecule has 0 aromatic heterocycles. The molecule has 1 spiro atoms. The summed E-state index contributed by atoms with van der Waals surface area (Å²) in [6, 6.07) is 7.45. The highest BCUT2D eigenvalue weighted by atomic mass is 35.5. The van der Waals surface area contributed by atoms with Crippen LogP contribution in [0.15, 0.2) is 30.3 Å². The summed E-state index contributed by atoms with van der Waals surface area (Å²) in [6.07, 6.45) is 1.04. The van der Waals surface area contributed by atoms with Crippen molar-refractivity contribution in [2.45, 2.75) is 24.9 Å². The zero-order valence-corrected chi connectivity index (χ0v) is 18.3. The van der Waals surface area contributed by atoms with Gasteiger partial charge in [0.25, 0.3) is 11.6 Å². The van der Waals surface area contributed by atoms with Crippen molar-refractivity contribution in [3.8, 4) is 17.2 Å². The molecule has 0 radical (unpaired) electrons. The summed E-state index contributed by atoms with van der Waals surface area (Å²) in [5, 5.41) is 12.0. The normalized spacial score (nSPS) is 16.8. The fourth-order valence-corrected chi connectivity index (χ4v) is 4.40. The number of hydrogen-bond acceptors (Lipinski definition) is 7. The Bertz CT molecular complexity index is 1110. The van der Waals surface area contributed by atoms with Gasteiger partial charge in [-0.25, -0.2) is 0 Å². The number of Topliss-reactive ketones (excluding diaryl/α,β-unsaturated/α-hetero) is 1. The first-order chi connectivity index (χ1) is 15.3. The maximum absolute atomic E-state index is 13.2. The zero-order chi connectivity index (χ0) is 23.0. The minimum atomic E-state index is -0.710. The van der Waals surface area contributed by atoms with Crippen LogP contribution in [0.4, 0.5) is 5.69 Å². The van der Waals surface area contributed by atoms with Gasteiger partial charge in [0, 0.05) is 37.0 Å². The minimum absolute atomic E-state index is 0.0518. The average Bonchev–Trinajstić information content (AvgIpc) is 2.78. The number of halogens is 1. The second-order valence-corrected chi connectivity index (χ2v) is 8.24. The number of ketones is 1. The van der Waals surface area contributed by atoms with E-state index >= 15 is 0 Å². The third kappa shape index (κ3) is 3.84. The van der Waals surface area contributed by atoms with E-state index < -0.39 is 16.4 Å². The minimum Gasteiger partial charge on any atom is -0.493 e. The van der Waals surface area contributed by atoms with E-state index in [0.29, 0.717) is 42.3 Å². The Hall–Kier alpha value is -3.33. The predicted molar refractivity (Wildman–Crippen MR) is 115 cm³/mol. The standard InChI is InChI=1S/C22H21ClN2O7/c1-30-19-10-14(16(25(28)29)11-20(19)31-2)21(27)24-7-5-22(6-8-24)12-17(26)15-9-13(23)3-4-18(15)32-22/h3-4,9-11H,5-8,12H2,1-2H3. The number of nitrogens with zero attached hydrogens (tertiary/aromatic N) is 2. The SMILES string of the molecule is COc1cc(C(=O)N2CCC3(CC2)CC(=O)c2cc(Cl)ccc2O3)c([N+](=O)[O-])cc1OC. The van der Waals surface area contributed by atoms with Gasteiger partial charge < -0.3 is 19.1 Å². The first-order valence-corrected chi connectivity index (χ1v) is 10.4. The number of hydrogen-bond donors (Lipinski definition) is 0. The van der Waals surface area contributed by atoms with E-state index in [0.717, 1.165) is 0 Å². The fourth-order valence-electron chi connectivity index (χ4n) is 4.22. The van der Waals surface area contributed by atoms with Gasteiger partial charge in [0.15, 0.2) is 17.3 Å². The Labute approximate surface area is 189 Å². The number of methoxy groups -OCH3 is 2. The number of piperidine rings is 1. The molecule has 2 heterocycles. The van der Waals surface area contributed by atoms with E-state index in [9.17, 15) is 19.7 Å². The Morgan fingerprint density at radius 2 is 1.81 bits per heavy atom. The van der Waals surface area contributed by atoms with Crippen LogP contribution in [0.5, 0.6) is 17.2 Å². The molecule has 2 aliphatic heterocycles. The van der Waals surface area contributed by atoms with Gasteiger partial charge in [-0.1, -0.05) is 11.6 Å². The van der Waals surface area contributed by atoms with Crippen molar-refractivity contribution in [3.05, 3.63) is 56.6 Å². The molecule has 168 valence electrons. The van der Waals surface area contributed by atoms with Gasteiger partial charge >= 0.3 is 0 Å². The predicted octanol–water partition coefficient (Wildman–Crippen LogP) is 3.91. The van der Waals surface area contributed by atoms with Gasteiger partial charge in [0.1, 0.15) is 16.9 Å². The maximum atomic E-state index is 13.2. The van der Waals surface area contributed by atoms with Crippen LogP contribution in [0.25, 0.3) is 0 Å². The highest BCUT2D eigenvalue weighted by Gasteiger charge is 2.44. The number of rotatable bonds is 4. The number of fused-ring (bicyclic) bond motifs is 1. The molecule has 0 saturated carbocycles. The van der Waals surface area contributed by atoms with Crippen molar-refractivity contribution >= 4 is 29.0 Å². The lowest BCUT2D eigenvalue weighted by molar-refractivity contribution is -0.385. The number of carbonyl (C=O) groups excluding carboxylic acids is 2. The van der Waals surface area contributed by atoms with Gasteiger partial charge in [0.05, 0.1) is 37.2 Å². The topological polar surface area (TPSA) is 108 Å². The molecule has 1 saturated heterocycles. The van der Waals surface area contributed by atoms with E-state index in [-0.39, 0.29) is 35.0 Å². The molecule has 4 rings (SSSR count). The van der Waals surface area contributed by atoms with Gasteiger partial charge in [-0.2, -0.15) is 0 Å². The lowest BCUT2D eigenvalue weighted by atomic mass is 9.82. The van der Waals surface area contributed by atoms with Crippen LogP contribution < -0.4 is 14.2 Å². The van der Waals surface area contributed by atoms with Crippen LogP contribution in [-0.2, 0) is 0 Å². The number of benzene rings is 2. The molecule has 0 atom stereocenters. The van der Waals surface area contributed by atoms with Crippen molar-refractivity contribution in [1.82, 2.24) is 4.90 Å². The molecule has 0 unspecified atom stereocenters. The molecule has 0 bridgehead atoms. The Balaban J connectivity index is 1.55. The molecule has 9 nitrogen and oxygen atoms in total. The van der Waals surface area contributed by atoms with E-state index in [1.807, 2.05) is 0 Å². The van der Waals surface area contributed by atoms with E-state index in [4.69, 9.17) is 25.8 Å². The summed E-state index contributed by atoms with van der Waals surface area (Å²) in [5.74, 6) is 0.347. The van der Waals surface area contributed by atoms with Crippen molar-refractivity contribution < 1.29 is 28.7 Å². The summed E-state index contributed by atoms with van der Waals surface area (Å²) in [5.41, 5.74) is -0.687. The highest BCUT2D eigenvalue weighted by molar-refractivity contribution is 6.31. The average molecular weight is 461 g/mol. The monoisotopic (exact) mass is 460 g/mol. The highest BCUT2D eigenvalue weighted by Crippen LogP contribution is 2.41. The third-order valence-electron chi connectivity index (χ3n) is 5.94. The molecule has 10 heteroatoms. The molecule has 2 aromatic carbocycles. The summed E-state index contributed by atoms with van der Waals surface area (Å²) < 4.78 is 16.5. The Morgan fingerprint density at radius 3 is 2.44 bits per heavy atom. The molecular weight excluding hydrogens is 440 g/mol. The lowest BCUT2D eigenvalue weighted by Gasteiger charge is -2.44. The van der Waals surface area contributed by atoms with Crippen molar-refractivity contribution in [2.24, 2.45) is 0 Å². The summed E-state index contributed by atoms with van der Waals surface area (Å²) in [7, 11) is 2.76. The van der Waals surface area contributed by atoms with Crippen molar-refractivity contribution in [1.29, 1.82) is 0 Å². The van der Waals surface area contributed by atoms with Crippen molar-refractivity contribution in [3.63, 3.8) is 0 Å². The number of likely N-dealkylation sites (tertiary alicyclic amines) is 1. The third-order valence-corrected chi connectivity index (χ3v) is 6.18.